The van der Waals surface area contributed by atoms with Crippen LogP contribution in [-0.4, -0.2) is 48.1 Å². The lowest BCUT2D eigenvalue weighted by molar-refractivity contribution is -0.126. The molecule has 1 aromatic heterocycles. The Balaban J connectivity index is 1.73. The van der Waals surface area contributed by atoms with E-state index in [1.54, 1.807) is 11.3 Å². The van der Waals surface area contributed by atoms with Crippen molar-refractivity contribution in [2.45, 2.75) is 38.8 Å². The molecule has 0 saturated carbocycles. The summed E-state index contributed by atoms with van der Waals surface area (Å²) < 4.78 is 5.86. The molecule has 1 unspecified atom stereocenters. The Morgan fingerprint density at radius 3 is 2.72 bits per heavy atom. The fraction of sp³-hybridized carbons (Fsp3) is 0.474. The van der Waals surface area contributed by atoms with Crippen LogP contribution in [0.25, 0.3) is 11.3 Å². The van der Waals surface area contributed by atoms with Crippen LogP contribution < -0.4 is 9.64 Å². The molecule has 132 valence electrons. The Bertz CT molecular complexity index is 796. The average molecular weight is 357 g/mol. The van der Waals surface area contributed by atoms with Crippen LogP contribution in [0.3, 0.4) is 0 Å². The molecule has 1 saturated heterocycles. The lowest BCUT2D eigenvalue weighted by Crippen LogP contribution is -2.52. The first-order chi connectivity index (χ1) is 12.0. The molecule has 0 N–H and O–H groups in total. The maximum Gasteiger partial charge on any atom is 0.268 e. The van der Waals surface area contributed by atoms with Crippen molar-refractivity contribution in [1.29, 1.82) is 0 Å². The van der Waals surface area contributed by atoms with Crippen molar-refractivity contribution >= 4 is 22.9 Å². The molecule has 4 rings (SSSR count). The minimum atomic E-state index is -0.431. The summed E-state index contributed by atoms with van der Waals surface area (Å²) in [7, 11) is 2.14. The van der Waals surface area contributed by atoms with Gasteiger partial charge in [0.05, 0.1) is 16.4 Å². The highest BCUT2D eigenvalue weighted by atomic mass is 32.1. The Morgan fingerprint density at radius 2 is 2.04 bits per heavy atom. The maximum absolute atomic E-state index is 12.9. The molecule has 0 aliphatic carbocycles. The summed E-state index contributed by atoms with van der Waals surface area (Å²) >= 11 is 1.64. The predicted molar refractivity (Wildman–Crippen MR) is 100 cm³/mol. The number of anilines is 1. The highest BCUT2D eigenvalue weighted by Crippen LogP contribution is 2.40. The van der Waals surface area contributed by atoms with Crippen LogP contribution in [0.4, 0.5) is 5.69 Å². The van der Waals surface area contributed by atoms with Gasteiger partial charge in [-0.3, -0.25) is 4.79 Å². The van der Waals surface area contributed by atoms with Crippen LogP contribution in [0.1, 0.15) is 24.8 Å². The molecule has 2 aliphatic heterocycles. The minimum absolute atomic E-state index is 0.0636. The first kappa shape index (κ1) is 16.5. The van der Waals surface area contributed by atoms with Gasteiger partial charge in [-0.15, -0.1) is 11.3 Å². The quantitative estimate of drug-likeness (QED) is 0.827. The van der Waals surface area contributed by atoms with Crippen LogP contribution in [0.2, 0.25) is 0 Å². The third kappa shape index (κ3) is 3.04. The molecule has 2 aliphatic rings. The Morgan fingerprint density at radius 1 is 1.28 bits per heavy atom. The second kappa shape index (κ2) is 6.42. The summed E-state index contributed by atoms with van der Waals surface area (Å²) in [6, 6.07) is 6.31. The van der Waals surface area contributed by atoms with Crippen molar-refractivity contribution in [1.82, 2.24) is 9.88 Å². The summed E-state index contributed by atoms with van der Waals surface area (Å²) in [4.78, 5) is 21.8. The summed E-state index contributed by atoms with van der Waals surface area (Å²) in [5, 5.41) is 3.10. The molecular weight excluding hydrogens is 334 g/mol. The zero-order chi connectivity index (χ0) is 17.6. The number of hydrogen-bond acceptors (Lipinski definition) is 5. The largest absolute Gasteiger partial charge is 0.479 e. The second-order valence-corrected chi connectivity index (χ2v) is 8.00. The van der Waals surface area contributed by atoms with E-state index in [0.29, 0.717) is 0 Å². The van der Waals surface area contributed by atoms with Crippen molar-refractivity contribution in [3.8, 4) is 17.0 Å². The highest BCUT2D eigenvalue weighted by molar-refractivity contribution is 7.09. The third-order valence-corrected chi connectivity index (χ3v) is 5.85. The van der Waals surface area contributed by atoms with E-state index in [9.17, 15) is 4.79 Å². The molecule has 2 aromatic rings. The molecule has 1 amide bonds. The molecule has 1 atom stereocenters. The van der Waals surface area contributed by atoms with Gasteiger partial charge in [-0.1, -0.05) is 0 Å². The minimum Gasteiger partial charge on any atom is -0.479 e. The van der Waals surface area contributed by atoms with E-state index in [1.807, 2.05) is 30.9 Å². The van der Waals surface area contributed by atoms with Crippen LogP contribution in [0.15, 0.2) is 23.6 Å². The molecule has 5 nitrogen and oxygen atoms in total. The molecule has 0 spiro atoms. The maximum atomic E-state index is 12.9. The van der Waals surface area contributed by atoms with Crippen LogP contribution >= 0.6 is 11.3 Å². The lowest BCUT2D eigenvalue weighted by atomic mass is 9.99. The molecule has 3 heterocycles. The van der Waals surface area contributed by atoms with Gasteiger partial charge in [-0.2, -0.15) is 0 Å². The first-order valence-corrected chi connectivity index (χ1v) is 9.65. The van der Waals surface area contributed by atoms with Gasteiger partial charge in [0, 0.05) is 17.0 Å². The molecule has 25 heavy (non-hydrogen) atoms. The molecule has 1 aromatic carbocycles. The highest BCUT2D eigenvalue weighted by Gasteiger charge is 2.37. The smallest absolute Gasteiger partial charge is 0.268 e. The number of amides is 1. The number of likely N-dealkylation sites (tertiary alicyclic amines) is 1. The van der Waals surface area contributed by atoms with Crippen LogP contribution in [0, 0.1) is 6.92 Å². The number of piperidine rings is 1. The number of carbonyl (C=O) groups is 1. The Labute approximate surface area is 152 Å². The van der Waals surface area contributed by atoms with E-state index in [2.05, 4.69) is 28.4 Å². The van der Waals surface area contributed by atoms with Crippen molar-refractivity contribution in [3.63, 3.8) is 0 Å². The third-order valence-electron chi connectivity index (χ3n) is 5.08. The molecular formula is C19H23N3O2S. The van der Waals surface area contributed by atoms with E-state index in [1.165, 1.54) is 0 Å². The zero-order valence-corrected chi connectivity index (χ0v) is 15.7. The van der Waals surface area contributed by atoms with Crippen molar-refractivity contribution in [3.05, 3.63) is 28.6 Å². The van der Waals surface area contributed by atoms with Crippen molar-refractivity contribution < 1.29 is 9.53 Å². The Kier molecular flexibility index (Phi) is 4.25. The van der Waals surface area contributed by atoms with E-state index in [4.69, 9.17) is 4.74 Å². The molecule has 0 bridgehead atoms. The van der Waals surface area contributed by atoms with E-state index in [0.717, 1.165) is 53.6 Å². The van der Waals surface area contributed by atoms with E-state index < -0.39 is 6.10 Å². The van der Waals surface area contributed by atoms with Gasteiger partial charge in [-0.25, -0.2) is 4.98 Å². The fourth-order valence-electron chi connectivity index (χ4n) is 3.65. The van der Waals surface area contributed by atoms with Crippen molar-refractivity contribution in [2.24, 2.45) is 0 Å². The monoisotopic (exact) mass is 357 g/mol. The summed E-state index contributed by atoms with van der Waals surface area (Å²) in [6.07, 6.45) is 1.56. The topological polar surface area (TPSA) is 45.7 Å². The standard InChI is InChI=1S/C19H23N3O2S/c1-12-19(23)22(15-6-8-21(3)9-7-15)17-10-14(4-5-18(17)24-12)16-11-25-13(2)20-16/h4-5,10-12,15H,6-9H2,1-3H3. The number of ether oxygens (including phenoxy) is 1. The average Bonchev–Trinajstić information content (AvgIpc) is 3.03. The summed E-state index contributed by atoms with van der Waals surface area (Å²) in [6.45, 7) is 5.88. The van der Waals surface area contributed by atoms with E-state index in [-0.39, 0.29) is 11.9 Å². The first-order valence-electron chi connectivity index (χ1n) is 8.78. The van der Waals surface area contributed by atoms with Crippen LogP contribution in [0.5, 0.6) is 5.75 Å². The summed E-state index contributed by atoms with van der Waals surface area (Å²) in [5.74, 6) is 0.857. The van der Waals surface area contributed by atoms with Gasteiger partial charge >= 0.3 is 0 Å². The zero-order valence-electron chi connectivity index (χ0n) is 14.9. The summed E-state index contributed by atoms with van der Waals surface area (Å²) in [5.41, 5.74) is 2.88. The predicted octanol–water partition coefficient (Wildman–Crippen LogP) is 3.33. The van der Waals surface area contributed by atoms with Gasteiger partial charge in [0.15, 0.2) is 6.10 Å². The second-order valence-electron chi connectivity index (χ2n) is 6.94. The number of hydrogen-bond donors (Lipinski definition) is 0. The number of aromatic nitrogens is 1. The van der Waals surface area contributed by atoms with Gasteiger partial charge < -0.3 is 14.5 Å². The number of carbonyl (C=O) groups excluding carboxylic acids is 1. The SMILES string of the molecule is Cc1nc(-c2ccc3c(c2)N(C2CCN(C)CC2)C(=O)C(C)O3)cs1. The normalized spacial score (nSPS) is 22.0. The van der Waals surface area contributed by atoms with Gasteiger partial charge in [-0.05, 0) is 65.0 Å². The molecule has 6 heteroatoms. The number of fused-ring (bicyclic) bond motifs is 1. The number of benzene rings is 1. The Hall–Kier alpha value is -1.92. The fourth-order valence-corrected chi connectivity index (χ4v) is 4.27. The van der Waals surface area contributed by atoms with Gasteiger partial charge in [0.2, 0.25) is 0 Å². The molecule has 1 fully saturated rings. The van der Waals surface area contributed by atoms with E-state index >= 15 is 0 Å². The van der Waals surface area contributed by atoms with Gasteiger partial charge in [0.25, 0.3) is 5.91 Å². The number of thiazole rings is 1. The lowest BCUT2D eigenvalue weighted by Gasteiger charge is -2.41. The van der Waals surface area contributed by atoms with Gasteiger partial charge in [0.1, 0.15) is 5.75 Å². The number of rotatable bonds is 2. The van der Waals surface area contributed by atoms with Crippen molar-refractivity contribution in [2.75, 3.05) is 25.0 Å². The number of aryl methyl sites for hydroxylation is 1. The van der Waals surface area contributed by atoms with Crippen LogP contribution in [-0.2, 0) is 4.79 Å². The molecule has 0 radical (unpaired) electrons. The number of nitrogens with zero attached hydrogens (tertiary/aromatic N) is 3.